The minimum Gasteiger partial charge on any atom is -0.490 e. The summed E-state index contributed by atoms with van der Waals surface area (Å²) in [5.74, 6) is 1.51. The number of allylic oxidation sites excluding steroid dienone is 2. The molecule has 6 nitrogen and oxygen atoms in total. The Bertz CT molecular complexity index is 587. The summed E-state index contributed by atoms with van der Waals surface area (Å²) in [4.78, 5) is 0. The first kappa shape index (κ1) is 24.4. The van der Waals surface area contributed by atoms with E-state index in [1.807, 2.05) is 48.6 Å². The van der Waals surface area contributed by atoms with Crippen molar-refractivity contribution in [1.82, 2.24) is 0 Å². The first-order valence-corrected chi connectivity index (χ1v) is 10.9. The molecular weight excluding hydrogens is 384 g/mol. The molecule has 2 rings (SSSR count). The van der Waals surface area contributed by atoms with Gasteiger partial charge in [-0.2, -0.15) is 0 Å². The lowest BCUT2D eigenvalue weighted by molar-refractivity contribution is 0.0444. The first-order chi connectivity index (χ1) is 15.0. The maximum atomic E-state index is 5.88. The molecule has 0 unspecified atom stereocenters. The number of fused-ring (bicyclic) bond motifs is 1. The van der Waals surface area contributed by atoms with Gasteiger partial charge in [-0.15, -0.1) is 0 Å². The van der Waals surface area contributed by atoms with Crippen molar-refractivity contribution in [3.63, 3.8) is 0 Å². The zero-order valence-corrected chi connectivity index (χ0v) is 18.0. The lowest BCUT2D eigenvalue weighted by Crippen LogP contribution is -2.11. The van der Waals surface area contributed by atoms with Crippen molar-refractivity contribution in [1.29, 1.82) is 0 Å². The Hall–Kier alpha value is -1.86. The standard InChI is InChI=1S/C24H36O6/c1-2-6-14-27-19-20-28-21-22-30-24-12-4-3-11-23(24)29-18-10-9-17-26-16-8-7-15-25-13-5-1/h1-6,11-12H,7-10,13-22H2/b5-1-,6-2-. The van der Waals surface area contributed by atoms with Crippen molar-refractivity contribution in [2.75, 3.05) is 66.1 Å². The molecule has 0 radical (unpaired) electrons. The second-order valence-corrected chi connectivity index (χ2v) is 6.79. The van der Waals surface area contributed by atoms with Crippen LogP contribution in [0.1, 0.15) is 25.7 Å². The Kier molecular flexibility index (Phi) is 14.6. The highest BCUT2D eigenvalue weighted by atomic mass is 16.6. The SMILES string of the molecule is C1=C\COCCCCOCCCCOc2ccccc2OCCOCCOC\C=C/1. The van der Waals surface area contributed by atoms with Crippen LogP contribution in [-0.2, 0) is 18.9 Å². The Morgan fingerprint density at radius 2 is 0.933 bits per heavy atom. The first-order valence-electron chi connectivity index (χ1n) is 10.9. The number of ether oxygens (including phenoxy) is 6. The van der Waals surface area contributed by atoms with Crippen LogP contribution in [0.2, 0.25) is 0 Å². The number of para-hydroxylation sites is 2. The summed E-state index contributed by atoms with van der Waals surface area (Å²) in [5, 5.41) is 0. The summed E-state index contributed by atoms with van der Waals surface area (Å²) in [6, 6.07) is 7.74. The molecule has 0 aromatic heterocycles. The predicted octanol–water partition coefficient (Wildman–Crippen LogP) is 4.20. The van der Waals surface area contributed by atoms with Crippen molar-refractivity contribution < 1.29 is 28.4 Å². The maximum absolute atomic E-state index is 5.88. The highest BCUT2D eigenvalue weighted by molar-refractivity contribution is 5.39. The Morgan fingerprint density at radius 1 is 0.467 bits per heavy atom. The van der Waals surface area contributed by atoms with Crippen LogP contribution < -0.4 is 9.47 Å². The van der Waals surface area contributed by atoms with Gasteiger partial charge in [0.2, 0.25) is 0 Å². The predicted molar refractivity (Wildman–Crippen MR) is 117 cm³/mol. The maximum Gasteiger partial charge on any atom is 0.161 e. The van der Waals surface area contributed by atoms with Gasteiger partial charge in [0.1, 0.15) is 6.61 Å². The van der Waals surface area contributed by atoms with Crippen molar-refractivity contribution >= 4 is 0 Å². The molecule has 1 heterocycles. The van der Waals surface area contributed by atoms with E-state index in [1.54, 1.807) is 0 Å². The Balaban J connectivity index is 1.71. The fourth-order valence-corrected chi connectivity index (χ4v) is 2.69. The zero-order chi connectivity index (χ0) is 21.0. The number of hydrogen-bond donors (Lipinski definition) is 0. The molecule has 1 aromatic carbocycles. The van der Waals surface area contributed by atoms with Crippen molar-refractivity contribution in [2.45, 2.75) is 25.7 Å². The lowest BCUT2D eigenvalue weighted by atomic mass is 10.3. The normalized spacial score (nSPS) is 22.0. The van der Waals surface area contributed by atoms with Crippen LogP contribution >= 0.6 is 0 Å². The molecule has 0 atom stereocenters. The van der Waals surface area contributed by atoms with Crippen molar-refractivity contribution in [3.8, 4) is 11.5 Å². The van der Waals surface area contributed by atoms with Gasteiger partial charge < -0.3 is 28.4 Å². The average Bonchev–Trinajstić information content (AvgIpc) is 2.77. The molecule has 0 bridgehead atoms. The summed E-state index contributed by atoms with van der Waals surface area (Å²) in [7, 11) is 0. The molecule has 0 saturated heterocycles. The summed E-state index contributed by atoms with van der Waals surface area (Å²) < 4.78 is 34.0. The van der Waals surface area contributed by atoms with E-state index < -0.39 is 0 Å². The molecule has 0 aliphatic carbocycles. The van der Waals surface area contributed by atoms with Crippen LogP contribution in [-0.4, -0.2) is 66.1 Å². The minimum absolute atomic E-state index is 0.473. The topological polar surface area (TPSA) is 55.4 Å². The van der Waals surface area contributed by atoms with Crippen LogP contribution in [0.5, 0.6) is 11.5 Å². The van der Waals surface area contributed by atoms with Gasteiger partial charge in [-0.25, -0.2) is 0 Å². The molecule has 0 fully saturated rings. The Morgan fingerprint density at radius 3 is 1.63 bits per heavy atom. The fraction of sp³-hybridized carbons (Fsp3) is 0.583. The summed E-state index contributed by atoms with van der Waals surface area (Å²) in [6.07, 6.45) is 11.9. The highest BCUT2D eigenvalue weighted by Gasteiger charge is 2.04. The van der Waals surface area contributed by atoms with Gasteiger partial charge in [0.15, 0.2) is 11.5 Å². The highest BCUT2D eigenvalue weighted by Crippen LogP contribution is 2.26. The molecule has 1 aliphatic heterocycles. The van der Waals surface area contributed by atoms with Gasteiger partial charge in [-0.1, -0.05) is 36.4 Å². The van der Waals surface area contributed by atoms with E-state index >= 15 is 0 Å². The summed E-state index contributed by atoms with van der Waals surface area (Å²) in [5.41, 5.74) is 0. The van der Waals surface area contributed by atoms with E-state index in [1.165, 1.54) is 0 Å². The Labute approximate surface area is 180 Å². The number of hydrogen-bond acceptors (Lipinski definition) is 6. The number of benzene rings is 1. The third kappa shape index (κ3) is 12.6. The van der Waals surface area contributed by atoms with Gasteiger partial charge in [0, 0.05) is 19.8 Å². The molecule has 0 saturated carbocycles. The molecule has 30 heavy (non-hydrogen) atoms. The second kappa shape index (κ2) is 18.0. The van der Waals surface area contributed by atoms with Gasteiger partial charge in [0.05, 0.1) is 39.6 Å². The quantitative estimate of drug-likeness (QED) is 0.627. The molecule has 168 valence electrons. The molecule has 0 N–H and O–H groups in total. The zero-order valence-electron chi connectivity index (χ0n) is 18.0. The van der Waals surface area contributed by atoms with Gasteiger partial charge in [-0.05, 0) is 37.8 Å². The van der Waals surface area contributed by atoms with Gasteiger partial charge in [0.25, 0.3) is 0 Å². The molecule has 0 spiro atoms. The smallest absolute Gasteiger partial charge is 0.161 e. The molecule has 0 amide bonds. The van der Waals surface area contributed by atoms with E-state index in [-0.39, 0.29) is 0 Å². The fourth-order valence-electron chi connectivity index (χ4n) is 2.69. The van der Waals surface area contributed by atoms with Gasteiger partial charge >= 0.3 is 0 Å². The van der Waals surface area contributed by atoms with Crippen molar-refractivity contribution in [3.05, 3.63) is 48.6 Å². The molecular formula is C24H36O6. The second-order valence-electron chi connectivity index (χ2n) is 6.79. The van der Waals surface area contributed by atoms with E-state index in [0.717, 1.165) is 57.0 Å². The van der Waals surface area contributed by atoms with E-state index in [4.69, 9.17) is 28.4 Å². The third-order valence-electron chi connectivity index (χ3n) is 4.29. The lowest BCUT2D eigenvalue weighted by Gasteiger charge is -2.13. The molecule has 1 aromatic rings. The van der Waals surface area contributed by atoms with Crippen LogP contribution in [0, 0.1) is 0 Å². The summed E-state index contributed by atoms with van der Waals surface area (Å²) in [6.45, 7) is 6.22. The van der Waals surface area contributed by atoms with Crippen LogP contribution in [0.25, 0.3) is 0 Å². The van der Waals surface area contributed by atoms with Crippen LogP contribution in [0.15, 0.2) is 48.6 Å². The van der Waals surface area contributed by atoms with Crippen molar-refractivity contribution in [2.24, 2.45) is 0 Å². The minimum atomic E-state index is 0.473. The van der Waals surface area contributed by atoms with Gasteiger partial charge in [-0.3, -0.25) is 0 Å². The number of rotatable bonds is 0. The molecule has 6 heteroatoms. The summed E-state index contributed by atoms with van der Waals surface area (Å²) >= 11 is 0. The van der Waals surface area contributed by atoms with E-state index in [9.17, 15) is 0 Å². The van der Waals surface area contributed by atoms with Crippen LogP contribution in [0.4, 0.5) is 0 Å². The average molecular weight is 421 g/mol. The molecule has 1 aliphatic rings. The largest absolute Gasteiger partial charge is 0.490 e. The van der Waals surface area contributed by atoms with E-state index in [0.29, 0.717) is 46.2 Å². The van der Waals surface area contributed by atoms with E-state index in [2.05, 4.69) is 0 Å². The third-order valence-corrected chi connectivity index (χ3v) is 4.29. The monoisotopic (exact) mass is 420 g/mol. The van der Waals surface area contributed by atoms with Crippen LogP contribution in [0.3, 0.4) is 0 Å².